The summed E-state index contributed by atoms with van der Waals surface area (Å²) in [6, 6.07) is 75.3. The number of fused-ring (bicyclic) bond motifs is 3. The molecule has 0 saturated heterocycles. The third-order valence-corrected chi connectivity index (χ3v) is 10.4. The first-order valence-electron chi connectivity index (χ1n) is 17.7. The van der Waals surface area contributed by atoms with Crippen molar-refractivity contribution < 1.29 is 0 Å². The highest BCUT2D eigenvalue weighted by molar-refractivity contribution is 5.90. The average molecular weight is 652 g/mol. The number of hydrogen-bond acceptors (Lipinski definition) is 1. The zero-order valence-corrected chi connectivity index (χ0v) is 28.6. The van der Waals surface area contributed by atoms with Crippen LogP contribution in [0.25, 0.3) is 33.4 Å². The van der Waals surface area contributed by atoms with Gasteiger partial charge in [-0.1, -0.05) is 175 Å². The minimum Gasteiger partial charge on any atom is -0.310 e. The molecule has 0 aliphatic heterocycles. The molecular formula is C50H37N. The van der Waals surface area contributed by atoms with E-state index in [9.17, 15) is 0 Å². The maximum absolute atomic E-state index is 2.45. The van der Waals surface area contributed by atoms with Crippen LogP contribution < -0.4 is 4.90 Å². The van der Waals surface area contributed by atoms with Crippen molar-refractivity contribution in [3.63, 3.8) is 0 Å². The van der Waals surface area contributed by atoms with E-state index < -0.39 is 5.41 Å². The lowest BCUT2D eigenvalue weighted by Crippen LogP contribution is -2.28. The Hall–Kier alpha value is -6.44. The van der Waals surface area contributed by atoms with E-state index >= 15 is 0 Å². The molecule has 0 unspecified atom stereocenters. The van der Waals surface area contributed by atoms with Gasteiger partial charge in [-0.25, -0.2) is 0 Å². The summed E-state index contributed by atoms with van der Waals surface area (Å²) in [7, 11) is 0. The van der Waals surface area contributed by atoms with Gasteiger partial charge in [0.25, 0.3) is 0 Å². The smallest absolute Gasteiger partial charge is 0.0714 e. The standard InChI is InChI=1S/C50H37N/c1-36-22-32-46-47-33-31-45(35-49(47)50(48(46)34-36,41-18-10-4-11-19-41)42-20-12-5-13-21-42)51(43-27-23-39(24-28-43)37-14-6-2-7-15-37)44-29-25-40(26-30-44)38-16-8-3-9-17-38/h2-35H,1H3. The van der Waals surface area contributed by atoms with Crippen molar-refractivity contribution in [1.29, 1.82) is 0 Å². The second-order valence-electron chi connectivity index (χ2n) is 13.4. The third kappa shape index (κ3) is 5.26. The molecule has 0 saturated carbocycles. The molecule has 9 rings (SSSR count). The minimum absolute atomic E-state index is 0.477. The van der Waals surface area contributed by atoms with Gasteiger partial charge in [-0.2, -0.15) is 0 Å². The van der Waals surface area contributed by atoms with Gasteiger partial charge in [0.2, 0.25) is 0 Å². The Balaban J connectivity index is 1.26. The number of aryl methyl sites for hydroxylation is 1. The van der Waals surface area contributed by atoms with Crippen LogP contribution in [0.1, 0.15) is 27.8 Å². The van der Waals surface area contributed by atoms with E-state index in [1.807, 2.05) is 0 Å². The zero-order chi connectivity index (χ0) is 34.2. The third-order valence-electron chi connectivity index (χ3n) is 10.4. The Morgan fingerprint density at radius 2 is 0.706 bits per heavy atom. The summed E-state index contributed by atoms with van der Waals surface area (Å²) in [5, 5.41) is 0. The van der Waals surface area contributed by atoms with Gasteiger partial charge in [0.05, 0.1) is 5.41 Å². The zero-order valence-electron chi connectivity index (χ0n) is 28.6. The molecule has 0 heterocycles. The molecular weight excluding hydrogens is 615 g/mol. The maximum atomic E-state index is 2.45. The molecule has 1 heteroatoms. The summed E-state index contributed by atoms with van der Waals surface area (Å²) < 4.78 is 0. The molecule has 242 valence electrons. The average Bonchev–Trinajstić information content (AvgIpc) is 3.49. The molecule has 8 aromatic rings. The number of hydrogen-bond donors (Lipinski definition) is 0. The van der Waals surface area contributed by atoms with Crippen LogP contribution >= 0.6 is 0 Å². The Morgan fingerprint density at radius 1 is 0.333 bits per heavy atom. The summed E-state index contributed by atoms with van der Waals surface area (Å²) in [4.78, 5) is 2.40. The maximum Gasteiger partial charge on any atom is 0.0714 e. The highest BCUT2D eigenvalue weighted by Gasteiger charge is 2.46. The quantitative estimate of drug-likeness (QED) is 0.166. The van der Waals surface area contributed by atoms with E-state index in [1.165, 1.54) is 61.2 Å². The van der Waals surface area contributed by atoms with E-state index in [2.05, 4.69) is 218 Å². The van der Waals surface area contributed by atoms with Gasteiger partial charge in [0.1, 0.15) is 0 Å². The van der Waals surface area contributed by atoms with Gasteiger partial charge in [0, 0.05) is 17.1 Å². The molecule has 0 fully saturated rings. The molecule has 0 N–H and O–H groups in total. The lowest BCUT2D eigenvalue weighted by Gasteiger charge is -2.35. The van der Waals surface area contributed by atoms with E-state index in [4.69, 9.17) is 0 Å². The van der Waals surface area contributed by atoms with Crippen molar-refractivity contribution in [2.75, 3.05) is 4.90 Å². The second-order valence-corrected chi connectivity index (χ2v) is 13.4. The van der Waals surface area contributed by atoms with Crippen LogP contribution in [0.15, 0.2) is 206 Å². The number of anilines is 3. The molecule has 0 amide bonds. The van der Waals surface area contributed by atoms with Crippen LogP contribution in [0.4, 0.5) is 17.1 Å². The van der Waals surface area contributed by atoms with Crippen molar-refractivity contribution in [3.05, 3.63) is 234 Å². The Kier molecular flexibility index (Phi) is 7.67. The van der Waals surface area contributed by atoms with Crippen LogP contribution in [0.5, 0.6) is 0 Å². The van der Waals surface area contributed by atoms with Crippen molar-refractivity contribution in [2.24, 2.45) is 0 Å². The van der Waals surface area contributed by atoms with Crippen molar-refractivity contribution in [2.45, 2.75) is 12.3 Å². The van der Waals surface area contributed by atoms with Crippen LogP contribution in [0.3, 0.4) is 0 Å². The lowest BCUT2D eigenvalue weighted by atomic mass is 9.67. The van der Waals surface area contributed by atoms with Crippen LogP contribution in [-0.2, 0) is 5.41 Å². The van der Waals surface area contributed by atoms with Crippen LogP contribution in [-0.4, -0.2) is 0 Å². The van der Waals surface area contributed by atoms with E-state index in [0.29, 0.717) is 0 Å². The molecule has 1 nitrogen and oxygen atoms in total. The fourth-order valence-electron chi connectivity index (χ4n) is 8.04. The van der Waals surface area contributed by atoms with Crippen LogP contribution in [0.2, 0.25) is 0 Å². The minimum atomic E-state index is -0.477. The highest BCUT2D eigenvalue weighted by Crippen LogP contribution is 2.57. The largest absolute Gasteiger partial charge is 0.310 e. The van der Waals surface area contributed by atoms with Gasteiger partial charge < -0.3 is 4.90 Å². The normalized spacial score (nSPS) is 12.6. The summed E-state index contributed by atoms with van der Waals surface area (Å²) in [6.07, 6.45) is 0. The van der Waals surface area contributed by atoms with E-state index in [1.54, 1.807) is 0 Å². The molecule has 8 aromatic carbocycles. The Morgan fingerprint density at radius 3 is 1.18 bits per heavy atom. The topological polar surface area (TPSA) is 3.24 Å². The monoisotopic (exact) mass is 651 g/mol. The molecule has 0 radical (unpaired) electrons. The highest BCUT2D eigenvalue weighted by atomic mass is 15.1. The Labute approximate surface area is 300 Å². The summed E-state index contributed by atoms with van der Waals surface area (Å²) in [5.41, 5.74) is 16.7. The summed E-state index contributed by atoms with van der Waals surface area (Å²) >= 11 is 0. The van der Waals surface area contributed by atoms with Crippen molar-refractivity contribution >= 4 is 17.1 Å². The first-order chi connectivity index (χ1) is 25.2. The number of benzene rings is 8. The van der Waals surface area contributed by atoms with E-state index in [-0.39, 0.29) is 0 Å². The number of nitrogens with zero attached hydrogens (tertiary/aromatic N) is 1. The molecule has 1 aliphatic rings. The molecule has 0 spiro atoms. The predicted molar refractivity (Wildman–Crippen MR) is 214 cm³/mol. The molecule has 0 atom stereocenters. The van der Waals surface area contributed by atoms with Crippen molar-refractivity contribution in [3.8, 4) is 33.4 Å². The van der Waals surface area contributed by atoms with Gasteiger partial charge in [0.15, 0.2) is 0 Å². The van der Waals surface area contributed by atoms with Gasteiger partial charge in [-0.3, -0.25) is 0 Å². The SMILES string of the molecule is Cc1ccc2c(c1)C(c1ccccc1)(c1ccccc1)c1cc(N(c3ccc(-c4ccccc4)cc3)c3ccc(-c4ccccc4)cc3)ccc1-2. The van der Waals surface area contributed by atoms with Gasteiger partial charge in [-0.15, -0.1) is 0 Å². The number of rotatable bonds is 7. The Bertz CT molecular complexity index is 2310. The molecule has 1 aliphatic carbocycles. The van der Waals surface area contributed by atoms with E-state index in [0.717, 1.165) is 17.1 Å². The summed E-state index contributed by atoms with van der Waals surface area (Å²) in [5.74, 6) is 0. The molecule has 0 bridgehead atoms. The fraction of sp³-hybridized carbons (Fsp3) is 0.0400. The first-order valence-corrected chi connectivity index (χ1v) is 17.7. The van der Waals surface area contributed by atoms with Crippen LogP contribution in [0, 0.1) is 6.92 Å². The lowest BCUT2D eigenvalue weighted by molar-refractivity contribution is 0.767. The molecule has 0 aromatic heterocycles. The van der Waals surface area contributed by atoms with Gasteiger partial charge in [-0.05, 0) is 99.0 Å². The fourth-order valence-corrected chi connectivity index (χ4v) is 8.04. The second kappa shape index (κ2) is 12.8. The van der Waals surface area contributed by atoms with Crippen molar-refractivity contribution in [1.82, 2.24) is 0 Å². The summed E-state index contributed by atoms with van der Waals surface area (Å²) in [6.45, 7) is 2.20. The van der Waals surface area contributed by atoms with Gasteiger partial charge >= 0.3 is 0 Å². The first kappa shape index (κ1) is 30.6. The molecule has 51 heavy (non-hydrogen) atoms. The predicted octanol–water partition coefficient (Wildman–Crippen LogP) is 13.2.